The van der Waals surface area contributed by atoms with Gasteiger partial charge in [0.15, 0.2) is 0 Å². The summed E-state index contributed by atoms with van der Waals surface area (Å²) in [5.74, 6) is 1.68. The van der Waals surface area contributed by atoms with Crippen LogP contribution in [0.25, 0.3) is 0 Å². The van der Waals surface area contributed by atoms with Crippen LogP contribution in [-0.2, 0) is 10.0 Å². The van der Waals surface area contributed by atoms with Gasteiger partial charge in [-0.05, 0) is 37.7 Å². The lowest BCUT2D eigenvalue weighted by molar-refractivity contribution is 0.492. The van der Waals surface area contributed by atoms with E-state index < -0.39 is 10.0 Å². The number of sulfonamides is 1. The maximum atomic E-state index is 12.2. The van der Waals surface area contributed by atoms with Crippen molar-refractivity contribution >= 4 is 15.8 Å². The van der Waals surface area contributed by atoms with Gasteiger partial charge in [-0.2, -0.15) is 0 Å². The molecule has 0 saturated heterocycles. The van der Waals surface area contributed by atoms with Crippen molar-refractivity contribution < 1.29 is 8.42 Å². The smallest absolute Gasteiger partial charge is 0.240 e. The predicted molar refractivity (Wildman–Crippen MR) is 75.5 cm³/mol. The third-order valence-electron chi connectivity index (χ3n) is 3.42. The summed E-state index contributed by atoms with van der Waals surface area (Å²) in [6.45, 7) is 5.25. The van der Waals surface area contributed by atoms with Gasteiger partial charge in [-0.25, -0.2) is 18.1 Å². The zero-order valence-electron chi connectivity index (χ0n) is 11.4. The van der Waals surface area contributed by atoms with Crippen LogP contribution in [0, 0.1) is 11.8 Å². The summed E-state index contributed by atoms with van der Waals surface area (Å²) in [6.07, 6.45) is 3.96. The summed E-state index contributed by atoms with van der Waals surface area (Å²) in [6, 6.07) is 3.08. The van der Waals surface area contributed by atoms with E-state index in [-0.39, 0.29) is 4.90 Å². The molecule has 1 aromatic heterocycles. The summed E-state index contributed by atoms with van der Waals surface area (Å²) in [5, 5.41) is 3.01. The molecule has 0 aliphatic heterocycles. The molecule has 1 unspecified atom stereocenters. The van der Waals surface area contributed by atoms with Crippen molar-refractivity contribution in [3.8, 4) is 0 Å². The molecule has 1 aliphatic rings. The van der Waals surface area contributed by atoms with Crippen molar-refractivity contribution in [3.63, 3.8) is 0 Å². The predicted octanol–water partition coefficient (Wildman–Crippen LogP) is 1.84. The van der Waals surface area contributed by atoms with Gasteiger partial charge in [0.05, 0.1) is 4.90 Å². The van der Waals surface area contributed by atoms with Crippen molar-refractivity contribution in [1.29, 1.82) is 0 Å². The highest BCUT2D eigenvalue weighted by molar-refractivity contribution is 7.89. The molecule has 19 heavy (non-hydrogen) atoms. The first-order valence-electron chi connectivity index (χ1n) is 6.72. The van der Waals surface area contributed by atoms with Gasteiger partial charge in [0.25, 0.3) is 0 Å². The minimum atomic E-state index is -3.43. The minimum Gasteiger partial charge on any atom is -0.370 e. The minimum absolute atomic E-state index is 0.265. The highest BCUT2D eigenvalue weighted by Gasteiger charge is 2.28. The Kier molecular flexibility index (Phi) is 4.42. The molecule has 5 nitrogen and oxygen atoms in total. The van der Waals surface area contributed by atoms with E-state index >= 15 is 0 Å². The quantitative estimate of drug-likeness (QED) is 0.801. The lowest BCUT2D eigenvalue weighted by Crippen LogP contribution is -2.29. The lowest BCUT2D eigenvalue weighted by atomic mass is 10.1. The zero-order chi connectivity index (χ0) is 13.9. The van der Waals surface area contributed by atoms with E-state index in [1.54, 1.807) is 6.07 Å². The molecule has 1 atom stereocenters. The van der Waals surface area contributed by atoms with Crippen molar-refractivity contribution in [2.45, 2.75) is 31.6 Å². The summed E-state index contributed by atoms with van der Waals surface area (Å²) in [4.78, 5) is 4.34. The summed E-state index contributed by atoms with van der Waals surface area (Å²) in [7, 11) is -3.43. The van der Waals surface area contributed by atoms with Crippen molar-refractivity contribution in [2.24, 2.45) is 11.8 Å². The molecule has 1 aromatic rings. The van der Waals surface area contributed by atoms with Crippen LogP contribution < -0.4 is 10.0 Å². The second-order valence-electron chi connectivity index (χ2n) is 5.07. The van der Waals surface area contributed by atoms with Crippen molar-refractivity contribution in [2.75, 3.05) is 18.4 Å². The highest BCUT2D eigenvalue weighted by atomic mass is 32.2. The number of pyridine rings is 1. The molecule has 2 N–H and O–H groups in total. The first-order chi connectivity index (χ1) is 9.03. The number of hydrogen-bond donors (Lipinski definition) is 2. The maximum absolute atomic E-state index is 12.2. The second-order valence-corrected chi connectivity index (χ2v) is 6.84. The average molecular weight is 283 g/mol. The molecule has 0 bridgehead atoms. The number of hydrogen-bond acceptors (Lipinski definition) is 4. The van der Waals surface area contributed by atoms with Crippen LogP contribution in [0.1, 0.15) is 26.7 Å². The Morgan fingerprint density at radius 3 is 2.84 bits per heavy atom. The molecule has 1 heterocycles. The van der Waals surface area contributed by atoms with Gasteiger partial charge >= 0.3 is 0 Å². The van der Waals surface area contributed by atoms with E-state index in [0.717, 1.165) is 0 Å². The van der Waals surface area contributed by atoms with E-state index in [1.807, 2.05) is 6.92 Å². The van der Waals surface area contributed by atoms with Gasteiger partial charge in [0.1, 0.15) is 5.82 Å². The fourth-order valence-corrected chi connectivity index (χ4v) is 3.17. The SMILES string of the molecule is CCNc1cc(S(=O)(=O)NCC(C)C2CC2)ccn1. The van der Waals surface area contributed by atoms with Crippen LogP contribution in [0.3, 0.4) is 0 Å². The molecule has 1 saturated carbocycles. The number of nitrogens with zero attached hydrogens (tertiary/aromatic N) is 1. The summed E-state index contributed by atoms with van der Waals surface area (Å²) >= 11 is 0. The van der Waals surface area contributed by atoms with Crippen molar-refractivity contribution in [3.05, 3.63) is 18.3 Å². The van der Waals surface area contributed by atoms with Crippen LogP contribution in [0.4, 0.5) is 5.82 Å². The van der Waals surface area contributed by atoms with Crippen LogP contribution in [0.15, 0.2) is 23.2 Å². The Morgan fingerprint density at radius 1 is 1.47 bits per heavy atom. The standard InChI is InChI=1S/C13H21N3O2S/c1-3-14-13-8-12(6-7-15-13)19(17,18)16-9-10(2)11-4-5-11/h6-8,10-11,16H,3-5,9H2,1-2H3,(H,14,15). The Bertz CT molecular complexity index is 526. The van der Waals surface area contributed by atoms with E-state index in [1.165, 1.54) is 25.1 Å². The molecule has 1 fully saturated rings. The number of nitrogens with one attached hydrogen (secondary N) is 2. The summed E-state index contributed by atoms with van der Waals surface area (Å²) in [5.41, 5.74) is 0. The van der Waals surface area contributed by atoms with Crippen molar-refractivity contribution in [1.82, 2.24) is 9.71 Å². The van der Waals surface area contributed by atoms with Crippen LogP contribution in [0.5, 0.6) is 0 Å². The molecule has 6 heteroatoms. The molecule has 0 spiro atoms. The Labute approximate surface area is 114 Å². The topological polar surface area (TPSA) is 71.1 Å². The first kappa shape index (κ1) is 14.3. The van der Waals surface area contributed by atoms with E-state index in [2.05, 4.69) is 21.9 Å². The molecular weight excluding hydrogens is 262 g/mol. The molecule has 106 valence electrons. The third-order valence-corrected chi connectivity index (χ3v) is 4.84. The lowest BCUT2D eigenvalue weighted by Gasteiger charge is -2.12. The maximum Gasteiger partial charge on any atom is 0.240 e. The van der Waals surface area contributed by atoms with Gasteiger partial charge in [0, 0.05) is 25.4 Å². The molecule has 0 aromatic carbocycles. The Morgan fingerprint density at radius 2 is 2.21 bits per heavy atom. The number of aromatic nitrogens is 1. The van der Waals surface area contributed by atoms with Crippen LogP contribution in [0.2, 0.25) is 0 Å². The Hall–Kier alpha value is -1.14. The van der Waals surface area contributed by atoms with Gasteiger partial charge in [-0.15, -0.1) is 0 Å². The van der Waals surface area contributed by atoms with Crippen LogP contribution in [-0.4, -0.2) is 26.5 Å². The monoisotopic (exact) mass is 283 g/mol. The normalized spacial score (nSPS) is 17.2. The largest absolute Gasteiger partial charge is 0.370 e. The fourth-order valence-electron chi connectivity index (χ4n) is 2.01. The zero-order valence-corrected chi connectivity index (χ0v) is 12.2. The van der Waals surface area contributed by atoms with E-state index in [0.29, 0.717) is 30.7 Å². The molecule has 1 aliphatic carbocycles. The van der Waals surface area contributed by atoms with Gasteiger partial charge in [-0.1, -0.05) is 6.92 Å². The molecule has 2 rings (SSSR count). The average Bonchev–Trinajstić information content (AvgIpc) is 3.21. The fraction of sp³-hybridized carbons (Fsp3) is 0.615. The summed E-state index contributed by atoms with van der Waals surface area (Å²) < 4.78 is 27.0. The number of rotatable bonds is 7. The van der Waals surface area contributed by atoms with Crippen LogP contribution >= 0.6 is 0 Å². The second kappa shape index (κ2) is 5.88. The van der Waals surface area contributed by atoms with Gasteiger partial charge < -0.3 is 5.32 Å². The molecule has 0 amide bonds. The number of anilines is 1. The van der Waals surface area contributed by atoms with Gasteiger partial charge in [-0.3, -0.25) is 0 Å². The molecular formula is C13H21N3O2S. The highest BCUT2D eigenvalue weighted by Crippen LogP contribution is 2.36. The first-order valence-corrected chi connectivity index (χ1v) is 8.21. The van der Waals surface area contributed by atoms with Gasteiger partial charge in [0.2, 0.25) is 10.0 Å². The third kappa shape index (κ3) is 3.91. The molecule has 0 radical (unpaired) electrons. The van der Waals surface area contributed by atoms with E-state index in [4.69, 9.17) is 0 Å². The Balaban J connectivity index is 2.03. The van der Waals surface area contributed by atoms with E-state index in [9.17, 15) is 8.42 Å².